The zero-order valence-electron chi connectivity index (χ0n) is 23.5. The lowest BCUT2D eigenvalue weighted by Crippen LogP contribution is -2.53. The summed E-state index contributed by atoms with van der Waals surface area (Å²) in [7, 11) is 0. The van der Waals surface area contributed by atoms with Crippen molar-refractivity contribution >= 4 is 40.2 Å². The molecule has 0 bridgehead atoms. The third-order valence-corrected chi connectivity index (χ3v) is 9.14. The second kappa shape index (κ2) is 9.25. The van der Waals surface area contributed by atoms with E-state index < -0.39 is 23.7 Å². The minimum absolute atomic E-state index is 0.0186. The number of imide groups is 1. The summed E-state index contributed by atoms with van der Waals surface area (Å²) < 4.78 is 10.9. The van der Waals surface area contributed by atoms with Crippen LogP contribution < -0.4 is 10.2 Å². The topological polar surface area (TPSA) is 118 Å². The van der Waals surface area contributed by atoms with Gasteiger partial charge in [0.2, 0.25) is 17.7 Å². The molecule has 0 radical (unpaired) electrons. The van der Waals surface area contributed by atoms with Gasteiger partial charge in [0, 0.05) is 49.1 Å². The van der Waals surface area contributed by atoms with Crippen LogP contribution in [0.15, 0.2) is 36.8 Å². The third kappa shape index (κ3) is 3.91. The SMILES string of the molecule is [2H][C@]1(N2C(=O)c3cccc4c(Cc5cnn(C6CCN(C(=O)C7(C)CCC7)CC6)c5)cnc2c34)CCC(=O)NC1=O. The minimum Gasteiger partial charge on any atom is -0.342 e. The van der Waals surface area contributed by atoms with Gasteiger partial charge in [0.15, 0.2) is 0 Å². The number of likely N-dealkylation sites (tertiary alicyclic amines) is 1. The molecule has 2 aromatic heterocycles. The van der Waals surface area contributed by atoms with E-state index in [1.165, 1.54) is 0 Å². The van der Waals surface area contributed by atoms with Gasteiger partial charge in [-0.15, -0.1) is 0 Å². The monoisotopic (exact) mass is 541 g/mol. The first-order chi connectivity index (χ1) is 19.7. The Morgan fingerprint density at radius 3 is 2.67 bits per heavy atom. The maximum Gasteiger partial charge on any atom is 0.260 e. The molecule has 10 nitrogen and oxygen atoms in total. The molecule has 40 heavy (non-hydrogen) atoms. The van der Waals surface area contributed by atoms with Gasteiger partial charge in [-0.2, -0.15) is 5.10 Å². The number of nitrogens with one attached hydrogen (secondary N) is 1. The summed E-state index contributed by atoms with van der Waals surface area (Å²) in [5.41, 5.74) is 2.16. The molecule has 3 fully saturated rings. The van der Waals surface area contributed by atoms with Crippen molar-refractivity contribution in [1.82, 2.24) is 25.0 Å². The highest BCUT2D eigenvalue weighted by Crippen LogP contribution is 2.43. The van der Waals surface area contributed by atoms with Crippen molar-refractivity contribution in [2.24, 2.45) is 5.41 Å². The molecular weight excluding hydrogens is 508 g/mol. The van der Waals surface area contributed by atoms with E-state index in [-0.39, 0.29) is 30.1 Å². The maximum atomic E-state index is 13.5. The summed E-state index contributed by atoms with van der Waals surface area (Å²) >= 11 is 0. The van der Waals surface area contributed by atoms with Crippen LogP contribution in [-0.4, -0.2) is 62.4 Å². The molecule has 3 aromatic rings. The number of anilines is 1. The molecule has 4 amide bonds. The van der Waals surface area contributed by atoms with Crippen LogP contribution in [0.25, 0.3) is 10.8 Å². The zero-order valence-corrected chi connectivity index (χ0v) is 22.5. The lowest BCUT2D eigenvalue weighted by atomic mass is 9.69. The second-order valence-electron chi connectivity index (χ2n) is 11.7. The molecule has 1 aromatic carbocycles. The van der Waals surface area contributed by atoms with Crippen molar-refractivity contribution in [3.8, 4) is 0 Å². The molecule has 1 N–H and O–H groups in total. The molecule has 0 spiro atoms. The van der Waals surface area contributed by atoms with Crippen molar-refractivity contribution in [1.29, 1.82) is 0 Å². The number of pyridine rings is 1. The van der Waals surface area contributed by atoms with Crippen LogP contribution >= 0.6 is 0 Å². The Morgan fingerprint density at radius 1 is 1.15 bits per heavy atom. The number of hydrogen-bond acceptors (Lipinski definition) is 6. The highest BCUT2D eigenvalue weighted by atomic mass is 16.2. The molecule has 3 aliphatic heterocycles. The van der Waals surface area contributed by atoms with Crippen LogP contribution in [-0.2, 0) is 20.8 Å². The number of rotatable bonds is 5. The summed E-state index contributed by atoms with van der Waals surface area (Å²) in [5, 5.41) is 8.31. The summed E-state index contributed by atoms with van der Waals surface area (Å²) in [4.78, 5) is 58.6. The van der Waals surface area contributed by atoms with Crippen LogP contribution in [0.2, 0.25) is 0 Å². The fourth-order valence-corrected chi connectivity index (χ4v) is 6.63. The summed E-state index contributed by atoms with van der Waals surface area (Å²) in [6, 6.07) is 3.71. The van der Waals surface area contributed by atoms with Crippen LogP contribution in [0.1, 0.15) is 80.8 Å². The van der Waals surface area contributed by atoms with E-state index in [0.29, 0.717) is 23.3 Å². The van der Waals surface area contributed by atoms with Crippen LogP contribution in [0.5, 0.6) is 0 Å². The molecule has 1 aliphatic carbocycles. The number of benzene rings is 1. The van der Waals surface area contributed by atoms with Crippen LogP contribution in [0.4, 0.5) is 5.82 Å². The summed E-state index contributed by atoms with van der Waals surface area (Å²) in [6.07, 6.45) is 10.9. The number of carbonyl (C=O) groups is 4. The van der Waals surface area contributed by atoms with E-state index in [4.69, 9.17) is 1.37 Å². The number of amides is 4. The lowest BCUT2D eigenvalue weighted by molar-refractivity contribution is -0.147. The first-order valence-electron chi connectivity index (χ1n) is 14.6. The smallest absolute Gasteiger partial charge is 0.260 e. The van der Waals surface area contributed by atoms with Crippen molar-refractivity contribution < 1.29 is 20.5 Å². The van der Waals surface area contributed by atoms with Crippen LogP contribution in [0.3, 0.4) is 0 Å². The predicted octanol–water partition coefficient (Wildman–Crippen LogP) is 3.14. The first kappa shape index (κ1) is 23.8. The lowest BCUT2D eigenvalue weighted by Gasteiger charge is -2.43. The van der Waals surface area contributed by atoms with E-state index in [1.807, 2.05) is 21.8 Å². The van der Waals surface area contributed by atoms with Gasteiger partial charge in [-0.25, -0.2) is 4.98 Å². The molecule has 1 saturated carbocycles. The Kier molecular flexibility index (Phi) is 5.50. The van der Waals surface area contributed by atoms with Crippen molar-refractivity contribution in [3.63, 3.8) is 0 Å². The zero-order chi connectivity index (χ0) is 28.5. The number of nitrogens with zero attached hydrogens (tertiary/aromatic N) is 5. The number of hydrogen-bond donors (Lipinski definition) is 1. The summed E-state index contributed by atoms with van der Waals surface area (Å²) in [5.74, 6) is -1.14. The molecule has 2 saturated heterocycles. The molecule has 5 heterocycles. The van der Waals surface area contributed by atoms with Gasteiger partial charge in [0.1, 0.15) is 11.8 Å². The van der Waals surface area contributed by atoms with Gasteiger partial charge in [-0.05, 0) is 54.7 Å². The van der Waals surface area contributed by atoms with E-state index in [2.05, 4.69) is 28.5 Å². The van der Waals surface area contributed by atoms with Crippen molar-refractivity contribution in [3.05, 3.63) is 53.5 Å². The highest BCUT2D eigenvalue weighted by Gasteiger charge is 2.43. The molecule has 10 heteroatoms. The average Bonchev–Trinajstić information content (AvgIpc) is 3.54. The fraction of sp³-hybridized carbons (Fsp3) is 0.467. The summed E-state index contributed by atoms with van der Waals surface area (Å²) in [6.45, 7) is 3.59. The van der Waals surface area contributed by atoms with Gasteiger partial charge in [0.05, 0.1) is 19.2 Å². The quantitative estimate of drug-likeness (QED) is 0.496. The maximum absolute atomic E-state index is 13.5. The molecule has 206 valence electrons. The number of carbonyl (C=O) groups excluding carboxylic acids is 4. The van der Waals surface area contributed by atoms with E-state index in [0.717, 1.165) is 66.6 Å². The van der Waals surface area contributed by atoms with Gasteiger partial charge >= 0.3 is 0 Å². The molecular formula is C30H32N6O4. The molecule has 0 unspecified atom stereocenters. The van der Waals surface area contributed by atoms with E-state index >= 15 is 0 Å². The Morgan fingerprint density at radius 2 is 1.95 bits per heavy atom. The predicted molar refractivity (Wildman–Crippen MR) is 147 cm³/mol. The van der Waals surface area contributed by atoms with Gasteiger partial charge in [-0.1, -0.05) is 25.5 Å². The minimum atomic E-state index is -1.94. The number of piperidine rings is 2. The second-order valence-corrected chi connectivity index (χ2v) is 11.7. The Balaban J connectivity index is 1.11. The van der Waals surface area contributed by atoms with Crippen molar-refractivity contribution in [2.45, 2.75) is 70.4 Å². The van der Waals surface area contributed by atoms with Gasteiger partial charge < -0.3 is 4.90 Å². The third-order valence-electron chi connectivity index (χ3n) is 9.14. The molecule has 7 rings (SSSR count). The standard InChI is InChI=1S/C30H32N6O4/c1-30(10-3-11-30)29(40)34-12-8-20(9-13-34)35-17-18(15-32-35)14-19-16-31-26-25-21(19)4-2-5-22(25)28(39)36(26)23-6-7-24(37)33-27(23)38/h2,4-5,15-17,20,23H,3,6-14H2,1H3,(H,33,37,38)/t23-/m0/s1/i23D. The van der Waals surface area contributed by atoms with Gasteiger partial charge in [-0.3, -0.25) is 34.1 Å². The van der Waals surface area contributed by atoms with E-state index in [1.54, 1.807) is 18.3 Å². The van der Waals surface area contributed by atoms with Crippen molar-refractivity contribution in [2.75, 3.05) is 18.0 Å². The first-order valence-corrected chi connectivity index (χ1v) is 14.1. The highest BCUT2D eigenvalue weighted by molar-refractivity contribution is 6.26. The Labute approximate surface area is 233 Å². The van der Waals surface area contributed by atoms with E-state index in [9.17, 15) is 19.2 Å². The molecule has 4 aliphatic rings. The van der Waals surface area contributed by atoms with Gasteiger partial charge in [0.25, 0.3) is 5.91 Å². The number of aromatic nitrogens is 3. The normalized spacial score (nSPS) is 24.7. The average molecular weight is 542 g/mol. The largest absolute Gasteiger partial charge is 0.342 e. The fourth-order valence-electron chi connectivity index (χ4n) is 6.63. The Hall–Kier alpha value is -4.08. The van der Waals surface area contributed by atoms with Crippen LogP contribution in [0, 0.1) is 5.41 Å². The Bertz CT molecular complexity index is 1620. The molecule has 1 atom stereocenters.